The zero-order valence-electron chi connectivity index (χ0n) is 13.5. The minimum Gasteiger partial charge on any atom is -0.461 e. The molecule has 2 atom stereocenters. The first-order chi connectivity index (χ1) is 10.3. The summed E-state index contributed by atoms with van der Waals surface area (Å²) in [5.41, 5.74) is 4.65. The Morgan fingerprint density at radius 1 is 1.27 bits per heavy atom. The second-order valence-electron chi connectivity index (χ2n) is 6.13. The van der Waals surface area contributed by atoms with Gasteiger partial charge in [0.25, 0.3) is 0 Å². The Bertz CT molecular complexity index is 447. The van der Waals surface area contributed by atoms with Crippen LogP contribution in [0.5, 0.6) is 0 Å². The van der Waals surface area contributed by atoms with E-state index in [-0.39, 0.29) is 24.0 Å². The molecule has 0 spiro atoms. The Hall–Kier alpha value is -1.88. The molecule has 122 valence electrons. The molecule has 0 saturated carbocycles. The monoisotopic (exact) mass is 306 g/mol. The van der Waals surface area contributed by atoms with E-state index in [2.05, 4.69) is 5.32 Å². The molecule has 1 fully saturated rings. The standard InChI is InChI=1S/C11H20N2O3.C6H6/c1-7-9(14)16-8(4-5-13-7)6-11(2,3)10(12)15;1-2-4-6-5-3-1/h7-8,13H,4-6H2,1-3H3,(H2,12,15);1-6H. The number of carbonyl (C=O) groups is 2. The van der Waals surface area contributed by atoms with Crippen molar-refractivity contribution in [2.75, 3.05) is 6.54 Å². The van der Waals surface area contributed by atoms with Gasteiger partial charge in [-0.15, -0.1) is 0 Å². The van der Waals surface area contributed by atoms with Gasteiger partial charge in [-0.2, -0.15) is 0 Å². The average Bonchev–Trinajstić information content (AvgIpc) is 2.63. The van der Waals surface area contributed by atoms with Crippen molar-refractivity contribution in [3.63, 3.8) is 0 Å². The van der Waals surface area contributed by atoms with Gasteiger partial charge in [-0.3, -0.25) is 9.59 Å². The van der Waals surface area contributed by atoms with E-state index < -0.39 is 5.41 Å². The third-order valence-corrected chi connectivity index (χ3v) is 3.62. The van der Waals surface area contributed by atoms with Gasteiger partial charge in [0.2, 0.25) is 5.91 Å². The molecule has 22 heavy (non-hydrogen) atoms. The molecule has 2 rings (SSSR count). The molecule has 1 amide bonds. The van der Waals surface area contributed by atoms with Crippen molar-refractivity contribution < 1.29 is 14.3 Å². The third kappa shape index (κ3) is 6.26. The number of benzene rings is 1. The van der Waals surface area contributed by atoms with E-state index >= 15 is 0 Å². The number of hydrogen-bond acceptors (Lipinski definition) is 4. The minimum absolute atomic E-state index is 0.229. The normalized spacial score (nSPS) is 21.9. The van der Waals surface area contributed by atoms with Crippen LogP contribution in [0.4, 0.5) is 0 Å². The lowest BCUT2D eigenvalue weighted by atomic mass is 9.85. The molecular weight excluding hydrogens is 280 g/mol. The maximum atomic E-state index is 11.5. The number of nitrogens with two attached hydrogens (primary N) is 1. The van der Waals surface area contributed by atoms with Gasteiger partial charge in [0.1, 0.15) is 12.1 Å². The van der Waals surface area contributed by atoms with Crippen molar-refractivity contribution in [2.24, 2.45) is 11.1 Å². The first-order valence-electron chi connectivity index (χ1n) is 7.57. The molecule has 1 saturated heterocycles. The van der Waals surface area contributed by atoms with Crippen molar-refractivity contribution in [1.29, 1.82) is 0 Å². The largest absolute Gasteiger partial charge is 0.461 e. The van der Waals surface area contributed by atoms with Crippen LogP contribution in [0.1, 0.15) is 33.6 Å². The third-order valence-electron chi connectivity index (χ3n) is 3.62. The lowest BCUT2D eigenvalue weighted by Gasteiger charge is -2.25. The summed E-state index contributed by atoms with van der Waals surface area (Å²) in [4.78, 5) is 22.7. The summed E-state index contributed by atoms with van der Waals surface area (Å²) in [6.45, 7) is 6.02. The molecule has 0 radical (unpaired) electrons. The van der Waals surface area contributed by atoms with Crippen LogP contribution in [0, 0.1) is 5.41 Å². The Kier molecular flexibility index (Phi) is 7.05. The molecule has 0 bridgehead atoms. The minimum atomic E-state index is -0.640. The van der Waals surface area contributed by atoms with Gasteiger partial charge < -0.3 is 15.8 Å². The van der Waals surface area contributed by atoms with Crippen LogP contribution in [0.25, 0.3) is 0 Å². The van der Waals surface area contributed by atoms with E-state index in [9.17, 15) is 9.59 Å². The van der Waals surface area contributed by atoms with Gasteiger partial charge >= 0.3 is 5.97 Å². The summed E-state index contributed by atoms with van der Waals surface area (Å²) >= 11 is 0. The predicted octanol–water partition coefficient (Wildman–Crippen LogP) is 1.87. The summed E-state index contributed by atoms with van der Waals surface area (Å²) < 4.78 is 5.30. The second kappa shape index (κ2) is 8.54. The molecule has 2 unspecified atom stereocenters. The first kappa shape index (κ1) is 18.2. The van der Waals surface area contributed by atoms with E-state index in [4.69, 9.17) is 10.5 Å². The average molecular weight is 306 g/mol. The number of hydrogen-bond donors (Lipinski definition) is 2. The van der Waals surface area contributed by atoms with Gasteiger partial charge in [0, 0.05) is 5.41 Å². The molecule has 5 heteroatoms. The van der Waals surface area contributed by atoms with Crippen molar-refractivity contribution >= 4 is 11.9 Å². The van der Waals surface area contributed by atoms with Gasteiger partial charge in [-0.25, -0.2) is 0 Å². The van der Waals surface area contributed by atoms with Crippen molar-refractivity contribution in [1.82, 2.24) is 5.32 Å². The SMILES string of the molecule is CC1NCCC(CC(C)(C)C(N)=O)OC1=O.c1ccccc1. The number of nitrogens with one attached hydrogen (secondary N) is 1. The topological polar surface area (TPSA) is 81.4 Å². The van der Waals surface area contributed by atoms with Gasteiger partial charge in [-0.1, -0.05) is 50.2 Å². The fraction of sp³-hybridized carbons (Fsp3) is 0.529. The van der Waals surface area contributed by atoms with Crippen LogP contribution >= 0.6 is 0 Å². The van der Waals surface area contributed by atoms with Crippen LogP contribution in [0.3, 0.4) is 0 Å². The second-order valence-corrected chi connectivity index (χ2v) is 6.13. The summed E-state index contributed by atoms with van der Waals surface area (Å²) in [6, 6.07) is 11.7. The number of primary amides is 1. The Morgan fingerprint density at radius 2 is 1.77 bits per heavy atom. The van der Waals surface area contributed by atoms with Crippen LogP contribution in [-0.2, 0) is 14.3 Å². The fourth-order valence-electron chi connectivity index (χ4n) is 2.07. The Labute approximate surface area is 132 Å². The highest BCUT2D eigenvalue weighted by molar-refractivity contribution is 5.80. The van der Waals surface area contributed by atoms with Crippen molar-refractivity contribution in [3.05, 3.63) is 36.4 Å². The maximum absolute atomic E-state index is 11.5. The lowest BCUT2D eigenvalue weighted by Crippen LogP contribution is -2.36. The Balaban J connectivity index is 0.000000335. The summed E-state index contributed by atoms with van der Waals surface area (Å²) in [7, 11) is 0. The molecule has 0 aromatic heterocycles. The molecule has 1 aliphatic rings. The molecule has 1 aromatic rings. The van der Waals surface area contributed by atoms with Gasteiger partial charge in [0.15, 0.2) is 0 Å². The molecule has 1 aromatic carbocycles. The first-order valence-corrected chi connectivity index (χ1v) is 7.57. The van der Waals surface area contributed by atoms with E-state index in [0.29, 0.717) is 19.4 Å². The number of rotatable bonds is 3. The zero-order chi connectivity index (χ0) is 16.6. The molecule has 5 nitrogen and oxygen atoms in total. The Morgan fingerprint density at radius 3 is 2.23 bits per heavy atom. The number of cyclic esters (lactones) is 1. The summed E-state index contributed by atoms with van der Waals surface area (Å²) in [5.74, 6) is -0.628. The van der Waals surface area contributed by atoms with Crippen LogP contribution in [-0.4, -0.2) is 30.6 Å². The predicted molar refractivity (Wildman–Crippen MR) is 86.0 cm³/mol. The fourth-order valence-corrected chi connectivity index (χ4v) is 2.07. The summed E-state index contributed by atoms with van der Waals surface area (Å²) in [6.07, 6.45) is 0.961. The van der Waals surface area contributed by atoms with Crippen molar-refractivity contribution in [3.8, 4) is 0 Å². The maximum Gasteiger partial charge on any atom is 0.323 e. The summed E-state index contributed by atoms with van der Waals surface area (Å²) in [5, 5.41) is 3.05. The molecule has 1 heterocycles. The van der Waals surface area contributed by atoms with Gasteiger partial charge in [0.05, 0.1) is 0 Å². The smallest absolute Gasteiger partial charge is 0.323 e. The highest BCUT2D eigenvalue weighted by Crippen LogP contribution is 2.25. The number of ether oxygens (including phenoxy) is 1. The van der Waals surface area contributed by atoms with E-state index in [1.54, 1.807) is 20.8 Å². The highest BCUT2D eigenvalue weighted by atomic mass is 16.5. The number of esters is 1. The van der Waals surface area contributed by atoms with Crippen LogP contribution in [0.2, 0.25) is 0 Å². The van der Waals surface area contributed by atoms with Crippen LogP contribution in [0.15, 0.2) is 36.4 Å². The zero-order valence-corrected chi connectivity index (χ0v) is 13.5. The number of amides is 1. The molecule has 0 aliphatic carbocycles. The van der Waals surface area contributed by atoms with E-state index in [1.165, 1.54) is 0 Å². The quantitative estimate of drug-likeness (QED) is 0.835. The van der Waals surface area contributed by atoms with E-state index in [0.717, 1.165) is 0 Å². The van der Waals surface area contributed by atoms with Crippen LogP contribution < -0.4 is 11.1 Å². The van der Waals surface area contributed by atoms with Crippen molar-refractivity contribution in [2.45, 2.75) is 45.8 Å². The number of carbonyl (C=O) groups excluding carboxylic acids is 2. The highest BCUT2D eigenvalue weighted by Gasteiger charge is 2.32. The van der Waals surface area contributed by atoms with E-state index in [1.807, 2.05) is 36.4 Å². The molecule has 1 aliphatic heterocycles. The molecular formula is C17H26N2O3. The lowest BCUT2D eigenvalue weighted by molar-refractivity contribution is -0.152. The van der Waals surface area contributed by atoms with Gasteiger partial charge in [-0.05, 0) is 26.3 Å². The molecule has 3 N–H and O–H groups in total.